The third kappa shape index (κ3) is 10.6. The molecule has 0 aliphatic carbocycles. The zero-order chi connectivity index (χ0) is 18.5. The van der Waals surface area contributed by atoms with Gasteiger partial charge in [0.1, 0.15) is 12.4 Å². The molecule has 1 aromatic heterocycles. The number of nitrogens with one attached hydrogen (secondary N) is 2. The van der Waals surface area contributed by atoms with E-state index in [0.717, 1.165) is 36.3 Å². The first-order valence-electron chi connectivity index (χ1n) is 9.47. The summed E-state index contributed by atoms with van der Waals surface area (Å²) in [5.41, 5.74) is 0. The number of aromatic nitrogens is 3. The Bertz CT molecular complexity index is 506. The van der Waals surface area contributed by atoms with Gasteiger partial charge in [0.2, 0.25) is 0 Å². The Kier molecular flexibility index (Phi) is 15.2. The smallest absolute Gasteiger partial charge is 0.191 e. The summed E-state index contributed by atoms with van der Waals surface area (Å²) in [6.07, 6.45) is 9.64. The summed E-state index contributed by atoms with van der Waals surface area (Å²) in [4.78, 5) is 4.71. The molecular weight excluding hydrogens is 459 g/mol. The maximum Gasteiger partial charge on any atom is 0.191 e. The molecule has 1 rings (SSSR count). The number of aliphatic imine (C=N–C) groups is 1. The lowest BCUT2D eigenvalue weighted by Gasteiger charge is -2.18. The second kappa shape index (κ2) is 15.5. The lowest BCUT2D eigenvalue weighted by Crippen LogP contribution is -2.42. The average Bonchev–Trinajstić information content (AvgIpc) is 2.92. The highest BCUT2D eigenvalue weighted by Crippen LogP contribution is 2.05. The van der Waals surface area contributed by atoms with Gasteiger partial charge in [-0.2, -0.15) is 11.8 Å². The lowest BCUT2D eigenvalue weighted by molar-refractivity contribution is 0.536. The molecule has 0 amide bonds. The van der Waals surface area contributed by atoms with E-state index >= 15 is 0 Å². The fourth-order valence-electron chi connectivity index (χ4n) is 2.50. The van der Waals surface area contributed by atoms with Crippen LogP contribution >= 0.6 is 35.7 Å². The molecule has 0 radical (unpaired) electrons. The molecular formula is C18H37IN6S. The van der Waals surface area contributed by atoms with E-state index in [1.165, 1.54) is 32.1 Å². The molecule has 1 atom stereocenters. The van der Waals surface area contributed by atoms with Gasteiger partial charge in [0.15, 0.2) is 11.8 Å². The lowest BCUT2D eigenvalue weighted by atomic mass is 10.1. The molecule has 2 N–H and O–H groups in total. The first-order valence-corrected chi connectivity index (χ1v) is 10.9. The molecule has 1 aromatic rings. The van der Waals surface area contributed by atoms with Crippen molar-refractivity contribution in [3.05, 3.63) is 11.6 Å². The minimum atomic E-state index is 0. The van der Waals surface area contributed by atoms with Crippen LogP contribution in [0.4, 0.5) is 0 Å². The van der Waals surface area contributed by atoms with Crippen LogP contribution in [0.3, 0.4) is 0 Å². The van der Waals surface area contributed by atoms with Crippen LogP contribution in [0, 0.1) is 6.92 Å². The van der Waals surface area contributed by atoms with Gasteiger partial charge >= 0.3 is 0 Å². The van der Waals surface area contributed by atoms with Gasteiger partial charge in [0, 0.05) is 19.6 Å². The molecule has 152 valence electrons. The highest BCUT2D eigenvalue weighted by atomic mass is 127. The van der Waals surface area contributed by atoms with Crippen molar-refractivity contribution in [1.29, 1.82) is 0 Å². The zero-order valence-electron chi connectivity index (χ0n) is 17.0. The van der Waals surface area contributed by atoms with E-state index in [1.54, 1.807) is 0 Å². The average molecular weight is 497 g/mol. The van der Waals surface area contributed by atoms with Gasteiger partial charge in [0.25, 0.3) is 0 Å². The number of nitrogens with zero attached hydrogens (tertiary/aromatic N) is 4. The van der Waals surface area contributed by atoms with Crippen LogP contribution in [0.15, 0.2) is 4.99 Å². The number of unbranched alkanes of at least 4 members (excludes halogenated alkanes) is 3. The molecule has 0 saturated carbocycles. The summed E-state index contributed by atoms with van der Waals surface area (Å²) < 4.78 is 1.99. The Labute approximate surface area is 180 Å². The van der Waals surface area contributed by atoms with Crippen molar-refractivity contribution >= 4 is 41.7 Å². The van der Waals surface area contributed by atoms with Crippen molar-refractivity contribution in [2.45, 2.75) is 71.9 Å². The summed E-state index contributed by atoms with van der Waals surface area (Å²) >= 11 is 1.88. The summed E-state index contributed by atoms with van der Waals surface area (Å²) in [6.45, 7) is 7.92. The molecule has 0 fully saturated rings. The number of thioether (sulfide) groups is 1. The van der Waals surface area contributed by atoms with Gasteiger partial charge in [-0.3, -0.25) is 0 Å². The zero-order valence-corrected chi connectivity index (χ0v) is 20.2. The molecule has 0 bridgehead atoms. The molecule has 0 spiro atoms. The van der Waals surface area contributed by atoms with Crippen LogP contribution < -0.4 is 10.6 Å². The molecule has 1 unspecified atom stereocenters. The topological polar surface area (TPSA) is 67.1 Å². The van der Waals surface area contributed by atoms with E-state index in [1.807, 2.05) is 30.3 Å². The largest absolute Gasteiger partial charge is 0.356 e. The maximum absolute atomic E-state index is 4.71. The molecule has 0 aromatic carbocycles. The summed E-state index contributed by atoms with van der Waals surface area (Å²) in [5, 5.41) is 15.3. The standard InChI is InChI=1S/C18H36N6S.HI/c1-6-7-8-9-11-15(2)21-18(19-12-10-13-25-5)20-14-17-23-22-16(3)24(17)4;/h15H,6-14H2,1-5H3,(H2,19,20,21);1H. The minimum absolute atomic E-state index is 0. The van der Waals surface area contributed by atoms with E-state index in [2.05, 4.69) is 40.9 Å². The first-order chi connectivity index (χ1) is 12.1. The summed E-state index contributed by atoms with van der Waals surface area (Å²) in [6, 6.07) is 0.421. The van der Waals surface area contributed by atoms with E-state index in [9.17, 15) is 0 Å². The van der Waals surface area contributed by atoms with E-state index in [4.69, 9.17) is 4.99 Å². The van der Waals surface area contributed by atoms with E-state index in [-0.39, 0.29) is 24.0 Å². The monoisotopic (exact) mass is 496 g/mol. The SMILES string of the molecule is CCCCCCC(C)NC(=NCc1nnc(C)n1C)NCCCSC.I. The predicted molar refractivity (Wildman–Crippen MR) is 125 cm³/mol. The third-order valence-electron chi connectivity index (χ3n) is 4.25. The number of hydrogen-bond donors (Lipinski definition) is 2. The van der Waals surface area contributed by atoms with Crippen molar-refractivity contribution in [3.8, 4) is 0 Å². The maximum atomic E-state index is 4.71. The normalized spacial score (nSPS) is 12.6. The molecule has 0 aliphatic rings. The van der Waals surface area contributed by atoms with Crippen molar-refractivity contribution in [1.82, 2.24) is 25.4 Å². The van der Waals surface area contributed by atoms with Gasteiger partial charge < -0.3 is 15.2 Å². The molecule has 0 saturated heterocycles. The van der Waals surface area contributed by atoms with Crippen molar-refractivity contribution in [2.75, 3.05) is 18.6 Å². The third-order valence-corrected chi connectivity index (χ3v) is 4.95. The van der Waals surface area contributed by atoms with Gasteiger partial charge in [-0.15, -0.1) is 34.2 Å². The Morgan fingerprint density at radius 3 is 2.62 bits per heavy atom. The molecule has 8 heteroatoms. The van der Waals surface area contributed by atoms with Crippen LogP contribution in [0.25, 0.3) is 0 Å². The number of rotatable bonds is 12. The van der Waals surface area contributed by atoms with E-state index < -0.39 is 0 Å². The van der Waals surface area contributed by atoms with Gasteiger partial charge in [-0.1, -0.05) is 32.6 Å². The van der Waals surface area contributed by atoms with Crippen molar-refractivity contribution < 1.29 is 0 Å². The van der Waals surface area contributed by atoms with Crippen LogP contribution in [-0.2, 0) is 13.6 Å². The van der Waals surface area contributed by atoms with Crippen molar-refractivity contribution in [3.63, 3.8) is 0 Å². The Hall–Kier alpha value is -0.510. The Balaban J connectivity index is 0.00000625. The highest BCUT2D eigenvalue weighted by molar-refractivity contribution is 14.0. The number of aryl methyl sites for hydroxylation is 1. The second-order valence-electron chi connectivity index (χ2n) is 6.56. The molecule has 26 heavy (non-hydrogen) atoms. The van der Waals surface area contributed by atoms with Crippen LogP contribution in [0.5, 0.6) is 0 Å². The molecule has 1 heterocycles. The minimum Gasteiger partial charge on any atom is -0.356 e. The van der Waals surface area contributed by atoms with Crippen LogP contribution in [-0.4, -0.2) is 45.3 Å². The fraction of sp³-hybridized carbons (Fsp3) is 0.833. The van der Waals surface area contributed by atoms with E-state index in [0.29, 0.717) is 12.6 Å². The quantitative estimate of drug-likeness (QED) is 0.199. The van der Waals surface area contributed by atoms with Gasteiger partial charge in [0.05, 0.1) is 0 Å². The summed E-state index contributed by atoms with van der Waals surface area (Å²) in [5.74, 6) is 3.84. The Morgan fingerprint density at radius 2 is 2.00 bits per heavy atom. The van der Waals surface area contributed by atoms with Crippen molar-refractivity contribution in [2.24, 2.45) is 12.0 Å². The van der Waals surface area contributed by atoms with Gasteiger partial charge in [-0.25, -0.2) is 4.99 Å². The first kappa shape index (κ1) is 25.5. The molecule has 6 nitrogen and oxygen atoms in total. The number of hydrogen-bond acceptors (Lipinski definition) is 4. The van der Waals surface area contributed by atoms with Crippen LogP contribution in [0.1, 0.15) is 64.0 Å². The fourth-order valence-corrected chi connectivity index (χ4v) is 2.93. The summed E-state index contributed by atoms with van der Waals surface area (Å²) in [7, 11) is 1.98. The van der Waals surface area contributed by atoms with Crippen LogP contribution in [0.2, 0.25) is 0 Å². The highest BCUT2D eigenvalue weighted by Gasteiger charge is 2.08. The number of guanidine groups is 1. The predicted octanol–water partition coefficient (Wildman–Crippen LogP) is 3.89. The second-order valence-corrected chi connectivity index (χ2v) is 7.54. The molecule has 0 aliphatic heterocycles. The Morgan fingerprint density at radius 1 is 1.23 bits per heavy atom. The van der Waals surface area contributed by atoms with Gasteiger partial charge in [-0.05, 0) is 38.7 Å². The number of halogens is 1.